The summed E-state index contributed by atoms with van der Waals surface area (Å²) < 4.78 is 33.9. The van der Waals surface area contributed by atoms with Gasteiger partial charge in [-0.15, -0.1) is 11.6 Å². The molecule has 1 aliphatic rings. The molecule has 0 radical (unpaired) electrons. The van der Waals surface area contributed by atoms with Gasteiger partial charge in [0.25, 0.3) is 0 Å². The number of nitrogens with zero attached hydrogens (tertiary/aromatic N) is 2. The number of rotatable bonds is 3. The maximum Gasteiger partial charge on any atom is 0.244 e. The number of alkyl halides is 1. The van der Waals surface area contributed by atoms with Gasteiger partial charge in [0.1, 0.15) is 4.90 Å². The zero-order chi connectivity index (χ0) is 14.2. The third-order valence-corrected chi connectivity index (χ3v) is 5.31. The van der Waals surface area contributed by atoms with Crippen molar-refractivity contribution in [2.24, 2.45) is 7.05 Å². The average molecular weight is 307 g/mol. The molecule has 19 heavy (non-hydrogen) atoms. The van der Waals surface area contributed by atoms with Gasteiger partial charge in [0.05, 0.1) is 18.1 Å². The molecule has 1 aliphatic heterocycles. The zero-order valence-corrected chi connectivity index (χ0v) is 12.9. The molecule has 2 atom stereocenters. The molecule has 2 rings (SSSR count). The summed E-state index contributed by atoms with van der Waals surface area (Å²) in [5, 5.41) is 0. The van der Waals surface area contributed by atoms with E-state index in [4.69, 9.17) is 16.3 Å². The number of hydrogen-bond donors (Lipinski definition) is 0. The second-order valence-corrected chi connectivity index (χ2v) is 7.20. The summed E-state index contributed by atoms with van der Waals surface area (Å²) in [6, 6.07) is 1.63. The van der Waals surface area contributed by atoms with E-state index in [0.29, 0.717) is 23.9 Å². The summed E-state index contributed by atoms with van der Waals surface area (Å²) in [6.07, 6.45) is 1.43. The van der Waals surface area contributed by atoms with E-state index < -0.39 is 10.0 Å². The van der Waals surface area contributed by atoms with E-state index in [1.54, 1.807) is 23.9 Å². The number of ether oxygens (including phenoxy) is 1. The summed E-state index contributed by atoms with van der Waals surface area (Å²) >= 11 is 5.78. The molecule has 5 nitrogen and oxygen atoms in total. The third kappa shape index (κ3) is 2.97. The van der Waals surface area contributed by atoms with Gasteiger partial charge in [0.2, 0.25) is 10.0 Å². The SMILES string of the molecule is C[C@@H]1CN(S(=O)(=O)c2cc(CCl)n(C)c2)C[C@H](C)O1. The molecule has 1 fully saturated rings. The van der Waals surface area contributed by atoms with Gasteiger partial charge in [-0.25, -0.2) is 8.42 Å². The Morgan fingerprint density at radius 3 is 2.42 bits per heavy atom. The van der Waals surface area contributed by atoms with Crippen LogP contribution in [0.5, 0.6) is 0 Å². The Morgan fingerprint density at radius 2 is 1.95 bits per heavy atom. The fourth-order valence-corrected chi connectivity index (χ4v) is 4.28. The number of halogens is 1. The monoisotopic (exact) mass is 306 g/mol. The second kappa shape index (κ2) is 5.44. The van der Waals surface area contributed by atoms with Gasteiger partial charge in [-0.2, -0.15) is 4.31 Å². The van der Waals surface area contributed by atoms with Gasteiger partial charge in [0.15, 0.2) is 0 Å². The van der Waals surface area contributed by atoms with E-state index in [2.05, 4.69) is 0 Å². The maximum absolute atomic E-state index is 12.6. The first kappa shape index (κ1) is 14.8. The molecule has 0 spiro atoms. The standard InChI is InChI=1S/C12H19ClN2O3S/c1-9-6-15(7-10(2)18-9)19(16,17)12-4-11(5-13)14(3)8-12/h4,8-10H,5-7H2,1-3H3/t9-,10+. The highest BCUT2D eigenvalue weighted by Crippen LogP contribution is 2.23. The number of aromatic nitrogens is 1. The van der Waals surface area contributed by atoms with Crippen LogP contribution in [0.1, 0.15) is 19.5 Å². The van der Waals surface area contributed by atoms with Gasteiger partial charge in [-0.1, -0.05) is 0 Å². The van der Waals surface area contributed by atoms with E-state index in [-0.39, 0.29) is 12.2 Å². The van der Waals surface area contributed by atoms with Crippen LogP contribution in [0.4, 0.5) is 0 Å². The molecule has 1 aromatic rings. The van der Waals surface area contributed by atoms with Crippen molar-refractivity contribution in [3.8, 4) is 0 Å². The van der Waals surface area contributed by atoms with Gasteiger partial charge in [-0.05, 0) is 19.9 Å². The van der Waals surface area contributed by atoms with E-state index >= 15 is 0 Å². The third-order valence-electron chi connectivity index (χ3n) is 3.24. The fourth-order valence-electron chi connectivity index (χ4n) is 2.33. The first-order chi connectivity index (χ1) is 8.84. The molecular formula is C12H19ClN2O3S. The minimum atomic E-state index is -3.47. The van der Waals surface area contributed by atoms with Crippen LogP contribution in [0.2, 0.25) is 0 Å². The Labute approximate surface area is 119 Å². The van der Waals surface area contributed by atoms with Crippen LogP contribution in [-0.4, -0.2) is 42.6 Å². The highest BCUT2D eigenvalue weighted by Gasteiger charge is 2.32. The summed E-state index contributed by atoms with van der Waals surface area (Å²) in [5.41, 5.74) is 0.787. The molecule has 0 unspecified atom stereocenters. The van der Waals surface area contributed by atoms with Crippen LogP contribution < -0.4 is 0 Å². The highest BCUT2D eigenvalue weighted by molar-refractivity contribution is 7.89. The van der Waals surface area contributed by atoms with Crippen molar-refractivity contribution in [2.75, 3.05) is 13.1 Å². The van der Waals surface area contributed by atoms with E-state index in [1.807, 2.05) is 13.8 Å². The Balaban J connectivity index is 2.30. The summed E-state index contributed by atoms with van der Waals surface area (Å²) in [4.78, 5) is 0.298. The topological polar surface area (TPSA) is 51.5 Å². The molecule has 0 aromatic carbocycles. The van der Waals surface area contributed by atoms with Crippen molar-refractivity contribution in [3.63, 3.8) is 0 Å². The quantitative estimate of drug-likeness (QED) is 0.796. The van der Waals surface area contributed by atoms with Crippen molar-refractivity contribution in [3.05, 3.63) is 18.0 Å². The molecule has 1 aromatic heterocycles. The second-order valence-electron chi connectivity index (χ2n) is 4.99. The molecule has 1 saturated heterocycles. The molecule has 0 N–H and O–H groups in total. The molecule has 7 heteroatoms. The number of sulfonamides is 1. The summed E-state index contributed by atoms with van der Waals surface area (Å²) in [5.74, 6) is 0.294. The van der Waals surface area contributed by atoms with Crippen LogP contribution in [-0.2, 0) is 27.7 Å². The first-order valence-electron chi connectivity index (χ1n) is 6.21. The molecule has 0 amide bonds. The predicted molar refractivity (Wildman–Crippen MR) is 73.7 cm³/mol. The number of morpholine rings is 1. The van der Waals surface area contributed by atoms with Crippen LogP contribution >= 0.6 is 11.6 Å². The molecule has 0 bridgehead atoms. The van der Waals surface area contributed by atoms with Crippen molar-refractivity contribution < 1.29 is 13.2 Å². The van der Waals surface area contributed by atoms with Crippen LogP contribution in [0, 0.1) is 0 Å². The molecule has 2 heterocycles. The van der Waals surface area contributed by atoms with Gasteiger partial charge in [0, 0.05) is 32.0 Å². The largest absolute Gasteiger partial charge is 0.373 e. The summed E-state index contributed by atoms with van der Waals surface area (Å²) in [6.45, 7) is 4.54. The van der Waals surface area contributed by atoms with Crippen LogP contribution in [0.25, 0.3) is 0 Å². The fraction of sp³-hybridized carbons (Fsp3) is 0.667. The van der Waals surface area contributed by atoms with E-state index in [0.717, 1.165) is 5.69 Å². The lowest BCUT2D eigenvalue weighted by molar-refractivity contribution is -0.0440. The Bertz CT molecular complexity index is 545. The Kier molecular flexibility index (Phi) is 4.25. The van der Waals surface area contributed by atoms with E-state index in [1.165, 1.54) is 4.31 Å². The van der Waals surface area contributed by atoms with Crippen LogP contribution in [0.3, 0.4) is 0 Å². The zero-order valence-electron chi connectivity index (χ0n) is 11.3. The normalized spacial score (nSPS) is 25.7. The van der Waals surface area contributed by atoms with Crippen LogP contribution in [0.15, 0.2) is 17.2 Å². The van der Waals surface area contributed by atoms with Crippen molar-refractivity contribution in [2.45, 2.75) is 36.8 Å². The molecule has 108 valence electrons. The van der Waals surface area contributed by atoms with Gasteiger partial charge in [-0.3, -0.25) is 0 Å². The average Bonchev–Trinajstić information content (AvgIpc) is 2.70. The lowest BCUT2D eigenvalue weighted by atomic mass is 10.3. The minimum Gasteiger partial charge on any atom is -0.373 e. The molecule has 0 saturated carbocycles. The predicted octanol–water partition coefficient (Wildman–Crippen LogP) is 1.56. The summed E-state index contributed by atoms with van der Waals surface area (Å²) in [7, 11) is -1.67. The first-order valence-corrected chi connectivity index (χ1v) is 8.19. The minimum absolute atomic E-state index is 0.0882. The van der Waals surface area contributed by atoms with E-state index in [9.17, 15) is 8.42 Å². The van der Waals surface area contributed by atoms with Gasteiger partial charge >= 0.3 is 0 Å². The molecule has 0 aliphatic carbocycles. The van der Waals surface area contributed by atoms with Gasteiger partial charge < -0.3 is 9.30 Å². The van der Waals surface area contributed by atoms with Crippen molar-refractivity contribution in [1.29, 1.82) is 0 Å². The molecular weight excluding hydrogens is 288 g/mol. The number of hydrogen-bond acceptors (Lipinski definition) is 3. The lowest BCUT2D eigenvalue weighted by Crippen LogP contribution is -2.48. The smallest absolute Gasteiger partial charge is 0.244 e. The maximum atomic E-state index is 12.6. The Morgan fingerprint density at radius 1 is 1.37 bits per heavy atom. The Hall–Kier alpha value is -0.560. The van der Waals surface area contributed by atoms with Crippen molar-refractivity contribution >= 4 is 21.6 Å². The van der Waals surface area contributed by atoms with Crippen molar-refractivity contribution in [1.82, 2.24) is 8.87 Å². The highest BCUT2D eigenvalue weighted by atomic mass is 35.5. The lowest BCUT2D eigenvalue weighted by Gasteiger charge is -2.34. The number of aryl methyl sites for hydroxylation is 1.